The molecule has 0 amide bonds. The minimum Gasteiger partial charge on any atom is -0.384 e. The summed E-state index contributed by atoms with van der Waals surface area (Å²) in [7, 11) is 0. The number of nitrogens with one attached hydrogen (secondary N) is 1. The van der Waals surface area contributed by atoms with Crippen molar-refractivity contribution in [2.75, 3.05) is 29.9 Å². The molecule has 78 valence electrons. The summed E-state index contributed by atoms with van der Waals surface area (Å²) in [5.41, 5.74) is 5.05. The number of hydrogen-bond donors (Lipinski definition) is 1. The third-order valence-electron chi connectivity index (χ3n) is 4.17. The van der Waals surface area contributed by atoms with Crippen molar-refractivity contribution in [3.63, 3.8) is 0 Å². The fraction of sp³-hybridized carbons (Fsp3) is 0.538. The minimum atomic E-state index is 0.761. The summed E-state index contributed by atoms with van der Waals surface area (Å²) < 4.78 is 0. The highest BCUT2D eigenvalue weighted by atomic mass is 15.2. The molecule has 2 fully saturated rings. The van der Waals surface area contributed by atoms with Crippen molar-refractivity contribution in [1.29, 1.82) is 0 Å². The van der Waals surface area contributed by atoms with Crippen molar-refractivity contribution in [1.82, 2.24) is 0 Å². The summed E-state index contributed by atoms with van der Waals surface area (Å²) in [4.78, 5) is 2.53. The predicted molar refractivity (Wildman–Crippen MR) is 62.5 cm³/mol. The lowest BCUT2D eigenvalue weighted by molar-refractivity contribution is 0.387. The van der Waals surface area contributed by atoms with Crippen LogP contribution in [0.4, 0.5) is 11.4 Å². The number of rotatable bonds is 1. The lowest BCUT2D eigenvalue weighted by Crippen LogP contribution is -2.48. The van der Waals surface area contributed by atoms with Gasteiger partial charge in [0.25, 0.3) is 0 Å². The Hall–Kier alpha value is -1.18. The zero-order valence-corrected chi connectivity index (χ0v) is 8.92. The van der Waals surface area contributed by atoms with Gasteiger partial charge in [-0.3, -0.25) is 0 Å². The van der Waals surface area contributed by atoms with Crippen LogP contribution < -0.4 is 10.2 Å². The molecule has 0 atom stereocenters. The van der Waals surface area contributed by atoms with Crippen LogP contribution in [0.1, 0.15) is 18.4 Å². The molecule has 2 heterocycles. The van der Waals surface area contributed by atoms with Crippen LogP contribution in [0.25, 0.3) is 0 Å². The molecule has 0 bridgehead atoms. The normalized spacial score (nSPS) is 24.7. The summed E-state index contributed by atoms with van der Waals surface area (Å²) in [6, 6.07) is 6.90. The Kier molecular flexibility index (Phi) is 1.33. The van der Waals surface area contributed by atoms with E-state index in [1.807, 2.05) is 0 Å². The van der Waals surface area contributed by atoms with Crippen molar-refractivity contribution in [3.8, 4) is 0 Å². The number of nitrogens with zero attached hydrogens (tertiary/aromatic N) is 1. The topological polar surface area (TPSA) is 15.3 Å². The van der Waals surface area contributed by atoms with Gasteiger partial charge in [-0.05, 0) is 43.0 Å². The molecule has 2 nitrogen and oxygen atoms in total. The lowest BCUT2D eigenvalue weighted by atomic mass is 9.95. The van der Waals surface area contributed by atoms with Gasteiger partial charge in [0.1, 0.15) is 0 Å². The molecule has 4 rings (SSSR count). The first-order valence-electron chi connectivity index (χ1n) is 5.97. The number of benzene rings is 1. The van der Waals surface area contributed by atoms with Gasteiger partial charge in [-0.15, -0.1) is 0 Å². The predicted octanol–water partition coefficient (Wildman–Crippen LogP) is 2.25. The minimum absolute atomic E-state index is 0.761. The second-order valence-electron chi connectivity index (χ2n) is 5.37. The van der Waals surface area contributed by atoms with E-state index in [1.54, 1.807) is 0 Å². The highest BCUT2D eigenvalue weighted by Crippen LogP contribution is 2.54. The molecule has 0 unspecified atom stereocenters. The molecule has 15 heavy (non-hydrogen) atoms. The second-order valence-corrected chi connectivity index (χ2v) is 5.37. The molecule has 3 aliphatic rings. The van der Waals surface area contributed by atoms with Gasteiger partial charge >= 0.3 is 0 Å². The molecule has 1 aromatic rings. The van der Waals surface area contributed by atoms with E-state index in [9.17, 15) is 0 Å². The maximum absolute atomic E-state index is 3.41. The Balaban J connectivity index is 1.61. The fourth-order valence-corrected chi connectivity index (χ4v) is 2.93. The standard InChI is InChI=1S/C13H16N2/c1-2-12-10(3-6-14-12)7-11(1)15-8-13(9-15)4-5-13/h1-2,7,14H,3-6,8-9H2. The molecule has 0 aromatic heterocycles. The Bertz CT molecular complexity index is 413. The highest BCUT2D eigenvalue weighted by molar-refractivity contribution is 5.64. The molecule has 1 aliphatic carbocycles. The van der Waals surface area contributed by atoms with Gasteiger partial charge < -0.3 is 10.2 Å². The van der Waals surface area contributed by atoms with Gasteiger partial charge in [0, 0.05) is 36.4 Å². The molecule has 1 spiro atoms. The number of hydrogen-bond acceptors (Lipinski definition) is 2. The largest absolute Gasteiger partial charge is 0.384 e. The molecule has 1 aromatic carbocycles. The van der Waals surface area contributed by atoms with Gasteiger partial charge in [0.05, 0.1) is 0 Å². The highest BCUT2D eigenvalue weighted by Gasteiger charge is 2.52. The average molecular weight is 200 g/mol. The molecule has 2 heteroatoms. The Morgan fingerprint density at radius 3 is 2.87 bits per heavy atom. The smallest absolute Gasteiger partial charge is 0.0375 e. The van der Waals surface area contributed by atoms with E-state index in [-0.39, 0.29) is 0 Å². The summed E-state index contributed by atoms with van der Waals surface area (Å²) in [6.45, 7) is 3.72. The third kappa shape index (κ3) is 1.11. The molecule has 2 aliphatic heterocycles. The molecular weight excluding hydrogens is 184 g/mol. The summed E-state index contributed by atoms with van der Waals surface area (Å²) in [6.07, 6.45) is 4.13. The van der Waals surface area contributed by atoms with Crippen molar-refractivity contribution < 1.29 is 0 Å². The average Bonchev–Trinajstić information content (AvgIpc) is 2.87. The van der Waals surface area contributed by atoms with Gasteiger partial charge in [0.15, 0.2) is 0 Å². The van der Waals surface area contributed by atoms with Crippen LogP contribution in [-0.2, 0) is 6.42 Å². The second kappa shape index (κ2) is 2.49. The van der Waals surface area contributed by atoms with Crippen molar-refractivity contribution in [2.45, 2.75) is 19.3 Å². The quantitative estimate of drug-likeness (QED) is 0.748. The lowest BCUT2D eigenvalue weighted by Gasteiger charge is -2.42. The Morgan fingerprint density at radius 2 is 2.07 bits per heavy atom. The van der Waals surface area contributed by atoms with Crippen LogP contribution in [0.15, 0.2) is 18.2 Å². The van der Waals surface area contributed by atoms with Gasteiger partial charge in [-0.25, -0.2) is 0 Å². The maximum atomic E-state index is 3.41. The Labute approximate surface area is 90.3 Å². The van der Waals surface area contributed by atoms with Gasteiger partial charge in [-0.1, -0.05) is 0 Å². The first-order chi connectivity index (χ1) is 7.35. The van der Waals surface area contributed by atoms with Crippen LogP contribution >= 0.6 is 0 Å². The molecular formula is C13H16N2. The summed E-state index contributed by atoms with van der Waals surface area (Å²) >= 11 is 0. The van der Waals surface area contributed by atoms with Crippen molar-refractivity contribution in [2.24, 2.45) is 5.41 Å². The number of anilines is 2. The van der Waals surface area contributed by atoms with Crippen LogP contribution in [-0.4, -0.2) is 19.6 Å². The van der Waals surface area contributed by atoms with Crippen molar-refractivity contribution in [3.05, 3.63) is 23.8 Å². The van der Waals surface area contributed by atoms with Gasteiger partial charge in [-0.2, -0.15) is 0 Å². The third-order valence-corrected chi connectivity index (χ3v) is 4.17. The van der Waals surface area contributed by atoms with Gasteiger partial charge in [0.2, 0.25) is 0 Å². The zero-order valence-electron chi connectivity index (χ0n) is 8.92. The molecule has 1 N–H and O–H groups in total. The van der Waals surface area contributed by atoms with Crippen LogP contribution in [0.3, 0.4) is 0 Å². The number of fused-ring (bicyclic) bond motifs is 1. The SMILES string of the molecule is c1cc2c(cc1N1CC3(CC3)C1)CCN2. The van der Waals surface area contributed by atoms with E-state index in [0.717, 1.165) is 12.0 Å². The first-order valence-corrected chi connectivity index (χ1v) is 5.97. The summed E-state index contributed by atoms with van der Waals surface area (Å²) in [5.74, 6) is 0. The van der Waals surface area contributed by atoms with E-state index in [2.05, 4.69) is 28.4 Å². The van der Waals surface area contributed by atoms with Crippen LogP contribution in [0.2, 0.25) is 0 Å². The van der Waals surface area contributed by atoms with E-state index < -0.39 is 0 Å². The van der Waals surface area contributed by atoms with Crippen molar-refractivity contribution >= 4 is 11.4 Å². The van der Waals surface area contributed by atoms with E-state index in [4.69, 9.17) is 0 Å². The van der Waals surface area contributed by atoms with E-state index in [1.165, 1.54) is 49.3 Å². The Morgan fingerprint density at radius 1 is 1.20 bits per heavy atom. The van der Waals surface area contributed by atoms with E-state index in [0.29, 0.717) is 0 Å². The van der Waals surface area contributed by atoms with Crippen LogP contribution in [0.5, 0.6) is 0 Å². The summed E-state index contributed by atoms with van der Waals surface area (Å²) in [5, 5.41) is 3.41. The molecule has 0 radical (unpaired) electrons. The van der Waals surface area contributed by atoms with Crippen LogP contribution in [0, 0.1) is 5.41 Å². The molecule has 1 saturated heterocycles. The first kappa shape index (κ1) is 8.03. The molecule has 1 saturated carbocycles. The van der Waals surface area contributed by atoms with E-state index >= 15 is 0 Å². The zero-order chi connectivity index (χ0) is 9.88. The monoisotopic (exact) mass is 200 g/mol. The fourth-order valence-electron chi connectivity index (χ4n) is 2.93. The maximum Gasteiger partial charge on any atom is 0.0375 e.